The van der Waals surface area contributed by atoms with Crippen molar-refractivity contribution in [3.63, 3.8) is 0 Å². The summed E-state index contributed by atoms with van der Waals surface area (Å²) in [6, 6.07) is 0. The van der Waals surface area contributed by atoms with Crippen LogP contribution < -0.4 is 5.32 Å². The van der Waals surface area contributed by atoms with Gasteiger partial charge in [-0.25, -0.2) is 0 Å². The molecule has 0 aromatic rings. The molecule has 0 spiro atoms. The van der Waals surface area contributed by atoms with Crippen LogP contribution in [-0.2, 0) is 4.79 Å². The Labute approximate surface area is 103 Å². The molecule has 0 radical (unpaired) electrons. The maximum Gasteiger partial charge on any atom is 0.223 e. The van der Waals surface area contributed by atoms with Crippen LogP contribution in [0.3, 0.4) is 0 Å². The fourth-order valence-electron chi connectivity index (χ4n) is 2.66. The lowest BCUT2D eigenvalue weighted by Crippen LogP contribution is -2.36. The zero-order chi connectivity index (χ0) is 11.8. The van der Waals surface area contributed by atoms with E-state index in [1.165, 1.54) is 19.3 Å². The quantitative estimate of drug-likeness (QED) is 0.759. The van der Waals surface area contributed by atoms with Crippen LogP contribution in [0.5, 0.6) is 0 Å². The van der Waals surface area contributed by atoms with Crippen molar-refractivity contribution >= 4 is 17.5 Å². The number of carbonyl (C=O) groups is 1. The van der Waals surface area contributed by atoms with E-state index in [2.05, 4.69) is 19.2 Å². The van der Waals surface area contributed by atoms with Gasteiger partial charge in [-0.3, -0.25) is 4.79 Å². The van der Waals surface area contributed by atoms with Crippen molar-refractivity contribution in [1.82, 2.24) is 5.32 Å². The number of nitrogens with one attached hydrogen (secondary N) is 1. The predicted molar refractivity (Wildman–Crippen MR) is 66.5 cm³/mol. The first-order valence-corrected chi connectivity index (χ1v) is 6.86. The van der Waals surface area contributed by atoms with Gasteiger partial charge in [-0.2, -0.15) is 0 Å². The van der Waals surface area contributed by atoms with Crippen LogP contribution in [0.25, 0.3) is 0 Å². The fraction of sp³-hybridized carbons (Fsp3) is 0.923. The first kappa shape index (κ1) is 12.2. The third kappa shape index (κ3) is 2.71. The normalized spacial score (nSPS) is 36.8. The van der Waals surface area contributed by atoms with E-state index < -0.39 is 0 Å². The van der Waals surface area contributed by atoms with Gasteiger partial charge in [0.15, 0.2) is 0 Å². The highest BCUT2D eigenvalue weighted by Gasteiger charge is 2.50. The Hall–Kier alpha value is -0.240. The molecule has 0 aliphatic heterocycles. The summed E-state index contributed by atoms with van der Waals surface area (Å²) in [4.78, 5) is 11.8. The van der Waals surface area contributed by atoms with Gasteiger partial charge in [-0.15, -0.1) is 11.6 Å². The van der Waals surface area contributed by atoms with Gasteiger partial charge in [0.2, 0.25) is 5.91 Å². The van der Waals surface area contributed by atoms with E-state index in [-0.39, 0.29) is 22.6 Å². The van der Waals surface area contributed by atoms with Crippen LogP contribution in [0.4, 0.5) is 0 Å². The molecule has 3 heteroatoms. The van der Waals surface area contributed by atoms with E-state index >= 15 is 0 Å². The molecule has 2 aliphatic carbocycles. The molecule has 0 bridgehead atoms. The molecule has 2 rings (SSSR count). The number of amides is 1. The summed E-state index contributed by atoms with van der Waals surface area (Å²) >= 11 is 6.27. The summed E-state index contributed by atoms with van der Waals surface area (Å²) < 4.78 is 0. The minimum Gasteiger partial charge on any atom is -0.356 e. The second-order valence-electron chi connectivity index (χ2n) is 6.05. The zero-order valence-corrected chi connectivity index (χ0v) is 11.0. The molecule has 3 unspecified atom stereocenters. The smallest absolute Gasteiger partial charge is 0.223 e. The fourth-order valence-corrected chi connectivity index (χ4v) is 3.03. The number of hydrogen-bond donors (Lipinski definition) is 1. The SMILES string of the molecule is CC1(C)CC1C(=O)NCC1CCCCC1Cl. The monoisotopic (exact) mass is 243 g/mol. The highest BCUT2D eigenvalue weighted by Crippen LogP contribution is 2.51. The van der Waals surface area contributed by atoms with Crippen molar-refractivity contribution in [2.24, 2.45) is 17.3 Å². The van der Waals surface area contributed by atoms with Crippen LogP contribution in [0.2, 0.25) is 0 Å². The Morgan fingerprint density at radius 1 is 1.38 bits per heavy atom. The van der Waals surface area contributed by atoms with Crippen molar-refractivity contribution in [2.45, 2.75) is 51.3 Å². The lowest BCUT2D eigenvalue weighted by molar-refractivity contribution is -0.123. The molecule has 0 aromatic carbocycles. The van der Waals surface area contributed by atoms with Crippen molar-refractivity contribution < 1.29 is 4.79 Å². The summed E-state index contributed by atoms with van der Waals surface area (Å²) in [6.07, 6.45) is 5.82. The van der Waals surface area contributed by atoms with Gasteiger partial charge in [0.05, 0.1) is 0 Å². The van der Waals surface area contributed by atoms with Gasteiger partial charge in [0.25, 0.3) is 0 Å². The number of rotatable bonds is 3. The van der Waals surface area contributed by atoms with Gasteiger partial charge >= 0.3 is 0 Å². The van der Waals surface area contributed by atoms with Gasteiger partial charge in [0, 0.05) is 17.8 Å². The molecule has 0 saturated heterocycles. The van der Waals surface area contributed by atoms with Crippen molar-refractivity contribution in [2.75, 3.05) is 6.54 Å². The lowest BCUT2D eigenvalue weighted by atomic mass is 9.88. The molecule has 2 nitrogen and oxygen atoms in total. The van der Waals surface area contributed by atoms with Crippen LogP contribution in [0, 0.1) is 17.3 Å². The highest BCUT2D eigenvalue weighted by atomic mass is 35.5. The van der Waals surface area contributed by atoms with E-state index in [0.717, 1.165) is 19.4 Å². The second kappa shape index (κ2) is 4.56. The Bertz CT molecular complexity index is 277. The standard InChI is InChI=1S/C13H22ClNO/c1-13(2)7-10(13)12(16)15-8-9-5-3-4-6-11(9)14/h9-11H,3-8H2,1-2H3,(H,15,16). The number of halogens is 1. The van der Waals surface area contributed by atoms with E-state index in [4.69, 9.17) is 11.6 Å². The van der Waals surface area contributed by atoms with Crippen molar-refractivity contribution in [3.05, 3.63) is 0 Å². The minimum absolute atomic E-state index is 0.233. The Morgan fingerprint density at radius 3 is 2.56 bits per heavy atom. The highest BCUT2D eigenvalue weighted by molar-refractivity contribution is 6.20. The molecule has 92 valence electrons. The molecule has 1 N–H and O–H groups in total. The average molecular weight is 244 g/mol. The first-order chi connectivity index (χ1) is 7.50. The Morgan fingerprint density at radius 2 is 2.00 bits per heavy atom. The molecule has 3 atom stereocenters. The Kier molecular flexibility index (Phi) is 3.48. The average Bonchev–Trinajstić information content (AvgIpc) is 2.86. The molecular formula is C13H22ClNO. The molecule has 0 heterocycles. The van der Waals surface area contributed by atoms with Crippen LogP contribution in [-0.4, -0.2) is 17.8 Å². The number of carbonyl (C=O) groups excluding carboxylic acids is 1. The van der Waals surface area contributed by atoms with Gasteiger partial charge in [-0.05, 0) is 30.6 Å². The van der Waals surface area contributed by atoms with E-state index in [1.807, 2.05) is 0 Å². The largest absolute Gasteiger partial charge is 0.356 e. The number of hydrogen-bond acceptors (Lipinski definition) is 1. The summed E-state index contributed by atoms with van der Waals surface area (Å²) in [5.41, 5.74) is 0.233. The predicted octanol–water partition coefficient (Wildman–Crippen LogP) is 2.95. The summed E-state index contributed by atoms with van der Waals surface area (Å²) in [7, 11) is 0. The van der Waals surface area contributed by atoms with Crippen LogP contribution in [0.1, 0.15) is 46.0 Å². The van der Waals surface area contributed by atoms with E-state index in [0.29, 0.717) is 5.92 Å². The van der Waals surface area contributed by atoms with Crippen LogP contribution >= 0.6 is 11.6 Å². The van der Waals surface area contributed by atoms with Crippen molar-refractivity contribution in [1.29, 1.82) is 0 Å². The maximum absolute atomic E-state index is 11.8. The Balaban J connectivity index is 1.73. The van der Waals surface area contributed by atoms with Gasteiger partial charge in [-0.1, -0.05) is 26.7 Å². The van der Waals surface area contributed by atoms with Crippen LogP contribution in [0.15, 0.2) is 0 Å². The first-order valence-electron chi connectivity index (χ1n) is 6.42. The van der Waals surface area contributed by atoms with Gasteiger partial charge in [0.1, 0.15) is 0 Å². The second-order valence-corrected chi connectivity index (χ2v) is 6.61. The van der Waals surface area contributed by atoms with Gasteiger partial charge < -0.3 is 5.32 Å². The molecule has 16 heavy (non-hydrogen) atoms. The molecule has 2 fully saturated rings. The minimum atomic E-state index is 0.233. The third-order valence-corrected chi connectivity index (χ3v) is 4.76. The molecular weight excluding hydrogens is 222 g/mol. The maximum atomic E-state index is 11.8. The van der Waals surface area contributed by atoms with E-state index in [9.17, 15) is 4.79 Å². The molecule has 2 aliphatic rings. The lowest BCUT2D eigenvalue weighted by Gasteiger charge is -2.27. The molecule has 0 aromatic heterocycles. The number of alkyl halides is 1. The van der Waals surface area contributed by atoms with Crippen molar-refractivity contribution in [3.8, 4) is 0 Å². The van der Waals surface area contributed by atoms with E-state index in [1.54, 1.807) is 0 Å². The zero-order valence-electron chi connectivity index (χ0n) is 10.3. The summed E-state index contributed by atoms with van der Waals surface area (Å²) in [5.74, 6) is 0.963. The molecule has 1 amide bonds. The summed E-state index contributed by atoms with van der Waals surface area (Å²) in [6.45, 7) is 5.09. The summed E-state index contributed by atoms with van der Waals surface area (Å²) in [5, 5.41) is 3.34. The third-order valence-electron chi connectivity index (χ3n) is 4.18. The topological polar surface area (TPSA) is 29.1 Å². The molecule has 2 saturated carbocycles.